The van der Waals surface area contributed by atoms with Crippen molar-refractivity contribution < 1.29 is 23.1 Å². The summed E-state index contributed by atoms with van der Waals surface area (Å²) in [6.45, 7) is 12.9. The van der Waals surface area contributed by atoms with Gasteiger partial charge in [0, 0.05) is 5.92 Å². The summed E-state index contributed by atoms with van der Waals surface area (Å²) in [7, 11) is -3.86. The van der Waals surface area contributed by atoms with E-state index in [1.165, 1.54) is 0 Å². The lowest BCUT2D eigenvalue weighted by Crippen LogP contribution is -2.46. The van der Waals surface area contributed by atoms with Gasteiger partial charge in [-0.3, -0.25) is 9.36 Å². The van der Waals surface area contributed by atoms with Crippen LogP contribution in [-0.4, -0.2) is 30.4 Å². The molecule has 1 aromatic rings. The third-order valence-electron chi connectivity index (χ3n) is 4.25. The van der Waals surface area contributed by atoms with Crippen LogP contribution in [0.2, 0.25) is 0 Å². The number of esters is 1. The Morgan fingerprint density at radius 3 is 2.12 bits per heavy atom. The number of allylic oxidation sites excluding steroid dienone is 1. The van der Waals surface area contributed by atoms with Crippen LogP contribution in [0.15, 0.2) is 43.0 Å². The molecule has 146 valence electrons. The Morgan fingerprint density at radius 1 is 1.15 bits per heavy atom. The van der Waals surface area contributed by atoms with Crippen LogP contribution in [0.5, 0.6) is 0 Å². The lowest BCUT2D eigenvalue weighted by molar-refractivity contribution is -0.152. The summed E-state index contributed by atoms with van der Waals surface area (Å²) in [5.41, 5.74) is 0.856. The van der Waals surface area contributed by atoms with Gasteiger partial charge in [0.2, 0.25) is 0 Å². The smallest absolute Gasteiger partial charge is 0.348 e. The quantitative estimate of drug-likeness (QED) is 0.294. The Balaban J connectivity index is 3.66. The fraction of sp³-hybridized carbons (Fsp3) is 0.550. The van der Waals surface area contributed by atoms with Crippen molar-refractivity contribution in [2.75, 3.05) is 13.2 Å². The standard InChI is InChI=1S/C20H31O5P/c1-7-15-20(19(21)25-16(4)5,26(22,23-8-2)24-9-3)17(6)18-13-11-10-12-14-18/h7,10-14,16-17H,1,8-9,15H2,2-6H3/t17-,20-/m1/s1. The molecule has 0 aromatic heterocycles. The number of carbonyl (C=O) groups excluding carboxylic acids is 1. The number of benzene rings is 1. The van der Waals surface area contributed by atoms with Gasteiger partial charge in [-0.15, -0.1) is 6.58 Å². The maximum absolute atomic E-state index is 13.9. The number of hydrogen-bond donors (Lipinski definition) is 0. The SMILES string of the molecule is C=CC[C@](C(=O)OC(C)C)([C@H](C)c1ccccc1)P(=O)(OCC)OCC. The Morgan fingerprint density at radius 2 is 1.69 bits per heavy atom. The van der Waals surface area contributed by atoms with Gasteiger partial charge in [0.15, 0.2) is 5.16 Å². The first-order valence-corrected chi connectivity index (χ1v) is 10.6. The molecule has 0 aliphatic carbocycles. The highest BCUT2D eigenvalue weighted by Gasteiger charge is 2.61. The molecule has 0 amide bonds. The highest BCUT2D eigenvalue weighted by atomic mass is 31.2. The van der Waals surface area contributed by atoms with E-state index >= 15 is 0 Å². The maximum Gasteiger partial charge on any atom is 0.348 e. The summed E-state index contributed by atoms with van der Waals surface area (Å²) in [5, 5.41) is -1.51. The van der Waals surface area contributed by atoms with Crippen molar-refractivity contribution >= 4 is 13.6 Å². The molecule has 0 radical (unpaired) electrons. The van der Waals surface area contributed by atoms with Gasteiger partial charge in [0.1, 0.15) is 0 Å². The van der Waals surface area contributed by atoms with E-state index in [9.17, 15) is 9.36 Å². The third kappa shape index (κ3) is 4.64. The predicted molar refractivity (Wildman–Crippen MR) is 104 cm³/mol. The van der Waals surface area contributed by atoms with Crippen molar-refractivity contribution in [3.63, 3.8) is 0 Å². The first-order chi connectivity index (χ1) is 12.3. The second kappa shape index (κ2) is 10.1. The minimum atomic E-state index is -3.86. The van der Waals surface area contributed by atoms with E-state index in [2.05, 4.69) is 6.58 Å². The molecule has 0 fully saturated rings. The molecular weight excluding hydrogens is 351 g/mol. The van der Waals surface area contributed by atoms with Crippen molar-refractivity contribution in [1.29, 1.82) is 0 Å². The summed E-state index contributed by atoms with van der Waals surface area (Å²) < 4.78 is 30.6. The molecule has 1 rings (SSSR count). The average Bonchev–Trinajstić information content (AvgIpc) is 2.59. The molecular formula is C20H31O5P. The molecule has 0 saturated carbocycles. The summed E-state index contributed by atoms with van der Waals surface area (Å²) >= 11 is 0. The van der Waals surface area contributed by atoms with Gasteiger partial charge in [0.05, 0.1) is 19.3 Å². The molecule has 0 N–H and O–H groups in total. The van der Waals surface area contributed by atoms with Crippen molar-refractivity contribution in [3.05, 3.63) is 48.6 Å². The van der Waals surface area contributed by atoms with E-state index < -0.39 is 24.6 Å². The number of ether oxygens (including phenoxy) is 1. The van der Waals surface area contributed by atoms with Gasteiger partial charge >= 0.3 is 13.6 Å². The van der Waals surface area contributed by atoms with Gasteiger partial charge in [-0.05, 0) is 39.7 Å². The summed E-state index contributed by atoms with van der Waals surface area (Å²) in [5.74, 6) is -1.05. The first-order valence-electron chi connectivity index (χ1n) is 9.05. The highest BCUT2D eigenvalue weighted by molar-refractivity contribution is 7.57. The predicted octanol–water partition coefficient (Wildman–Crippen LogP) is 5.32. The van der Waals surface area contributed by atoms with E-state index in [1.807, 2.05) is 37.3 Å². The Labute approximate surface area is 157 Å². The van der Waals surface area contributed by atoms with Crippen LogP contribution in [0.25, 0.3) is 0 Å². The highest BCUT2D eigenvalue weighted by Crippen LogP contribution is 2.67. The van der Waals surface area contributed by atoms with Crippen LogP contribution < -0.4 is 0 Å². The minimum Gasteiger partial charge on any atom is -0.462 e. The molecule has 26 heavy (non-hydrogen) atoms. The molecule has 0 saturated heterocycles. The van der Waals surface area contributed by atoms with Crippen LogP contribution in [-0.2, 0) is 23.1 Å². The van der Waals surface area contributed by atoms with Gasteiger partial charge < -0.3 is 13.8 Å². The van der Waals surface area contributed by atoms with Crippen molar-refractivity contribution in [3.8, 4) is 0 Å². The molecule has 5 nitrogen and oxygen atoms in total. The second-order valence-electron chi connectivity index (χ2n) is 6.34. The summed E-state index contributed by atoms with van der Waals surface area (Å²) in [6.07, 6.45) is 1.34. The lowest BCUT2D eigenvalue weighted by atomic mass is 9.84. The van der Waals surface area contributed by atoms with Crippen LogP contribution in [0.4, 0.5) is 0 Å². The normalized spacial score (nSPS) is 15.3. The molecule has 2 atom stereocenters. The number of carbonyl (C=O) groups is 1. The minimum absolute atomic E-state index is 0.117. The Bertz CT molecular complexity index is 618. The monoisotopic (exact) mass is 382 g/mol. The zero-order valence-electron chi connectivity index (χ0n) is 16.4. The molecule has 6 heteroatoms. The van der Waals surface area contributed by atoms with Crippen LogP contribution in [0.1, 0.15) is 52.5 Å². The zero-order chi connectivity index (χ0) is 19.8. The fourth-order valence-electron chi connectivity index (χ4n) is 3.06. The molecule has 0 heterocycles. The van der Waals surface area contributed by atoms with Crippen LogP contribution in [0, 0.1) is 0 Å². The number of hydrogen-bond acceptors (Lipinski definition) is 5. The summed E-state index contributed by atoms with van der Waals surface area (Å²) in [6, 6.07) is 9.44. The topological polar surface area (TPSA) is 61.8 Å². The van der Waals surface area contributed by atoms with E-state index in [-0.39, 0.29) is 25.7 Å². The van der Waals surface area contributed by atoms with Crippen molar-refractivity contribution in [2.45, 2.75) is 58.2 Å². The average molecular weight is 382 g/mol. The van der Waals surface area contributed by atoms with Gasteiger partial charge in [0.25, 0.3) is 0 Å². The molecule has 0 aliphatic rings. The van der Waals surface area contributed by atoms with E-state index in [1.54, 1.807) is 33.8 Å². The molecule has 0 spiro atoms. The maximum atomic E-state index is 13.9. The van der Waals surface area contributed by atoms with Crippen LogP contribution >= 0.6 is 7.60 Å². The van der Waals surface area contributed by atoms with Crippen molar-refractivity contribution in [1.82, 2.24) is 0 Å². The molecule has 0 bridgehead atoms. The second-order valence-corrected chi connectivity index (χ2v) is 8.65. The van der Waals surface area contributed by atoms with E-state index in [4.69, 9.17) is 13.8 Å². The third-order valence-corrected chi connectivity index (χ3v) is 7.18. The number of rotatable bonds is 11. The van der Waals surface area contributed by atoms with Gasteiger partial charge in [-0.25, -0.2) is 0 Å². The van der Waals surface area contributed by atoms with Crippen molar-refractivity contribution in [2.24, 2.45) is 0 Å². The van der Waals surface area contributed by atoms with Gasteiger partial charge in [-0.2, -0.15) is 0 Å². The zero-order valence-corrected chi connectivity index (χ0v) is 17.3. The van der Waals surface area contributed by atoms with Gasteiger partial charge in [-0.1, -0.05) is 43.3 Å². The molecule has 0 aliphatic heterocycles. The fourth-order valence-corrected chi connectivity index (χ4v) is 5.53. The largest absolute Gasteiger partial charge is 0.462 e. The summed E-state index contributed by atoms with van der Waals surface area (Å²) in [4.78, 5) is 13.3. The van der Waals surface area contributed by atoms with E-state index in [0.717, 1.165) is 5.56 Å². The molecule has 0 unspecified atom stereocenters. The first kappa shape index (κ1) is 22.6. The lowest BCUT2D eigenvalue weighted by Gasteiger charge is -2.41. The molecule has 1 aromatic carbocycles. The van der Waals surface area contributed by atoms with E-state index in [0.29, 0.717) is 0 Å². The Kier molecular flexibility index (Phi) is 8.75. The van der Waals surface area contributed by atoms with Crippen LogP contribution in [0.3, 0.4) is 0 Å². The Hall–Kier alpha value is -1.42.